The Morgan fingerprint density at radius 1 is 1.22 bits per heavy atom. The molecule has 0 aliphatic carbocycles. The molecule has 1 saturated heterocycles. The van der Waals surface area contributed by atoms with Crippen LogP contribution in [0.1, 0.15) is 21.5 Å². The van der Waals surface area contributed by atoms with Crippen LogP contribution in [0.5, 0.6) is 0 Å². The minimum absolute atomic E-state index is 0.0450. The first-order valence-corrected chi connectivity index (χ1v) is 8.36. The zero-order chi connectivity index (χ0) is 15.6. The third kappa shape index (κ3) is 2.71. The monoisotopic (exact) mass is 328 g/mol. The van der Waals surface area contributed by atoms with Crippen molar-refractivity contribution < 1.29 is 13.9 Å². The average Bonchev–Trinajstić information content (AvgIpc) is 3.35. The molecule has 3 aromatic heterocycles. The van der Waals surface area contributed by atoms with Gasteiger partial charge in [-0.1, -0.05) is 0 Å². The molecule has 3 aromatic rings. The zero-order valence-corrected chi connectivity index (χ0v) is 13.2. The molecular weight excluding hydrogens is 312 g/mol. The molecule has 0 saturated carbocycles. The van der Waals surface area contributed by atoms with Crippen molar-refractivity contribution in [1.29, 1.82) is 0 Å². The second kappa shape index (κ2) is 6.06. The number of carbonyl (C=O) groups excluding carboxylic acids is 1. The van der Waals surface area contributed by atoms with Gasteiger partial charge in [-0.2, -0.15) is 0 Å². The minimum atomic E-state index is -0.197. The fraction of sp³-hybridized carbons (Fsp3) is 0.235. The van der Waals surface area contributed by atoms with E-state index in [2.05, 4.69) is 0 Å². The third-order valence-electron chi connectivity index (χ3n) is 3.94. The highest BCUT2D eigenvalue weighted by molar-refractivity contribution is 7.12. The highest BCUT2D eigenvalue weighted by atomic mass is 32.1. The Balaban J connectivity index is 1.56. The summed E-state index contributed by atoms with van der Waals surface area (Å²) in [6, 6.07) is 9.60. The molecule has 0 aromatic carbocycles. The maximum Gasteiger partial charge on any atom is 0.266 e. The molecule has 4 heterocycles. The predicted molar refractivity (Wildman–Crippen MR) is 87.0 cm³/mol. The molecule has 6 heteroatoms. The van der Waals surface area contributed by atoms with Crippen molar-refractivity contribution in [3.05, 3.63) is 65.0 Å². The quantitative estimate of drug-likeness (QED) is 0.741. The predicted octanol–water partition coefficient (Wildman–Crippen LogP) is 3.35. The number of thiophene rings is 1. The first kappa shape index (κ1) is 14.3. The molecule has 23 heavy (non-hydrogen) atoms. The number of rotatable bonds is 3. The summed E-state index contributed by atoms with van der Waals surface area (Å²) in [6.45, 7) is 1.62. The van der Waals surface area contributed by atoms with Crippen LogP contribution in [0.15, 0.2) is 58.8 Å². The maximum absolute atomic E-state index is 12.9. The van der Waals surface area contributed by atoms with Gasteiger partial charge in [-0.15, -0.1) is 11.3 Å². The summed E-state index contributed by atoms with van der Waals surface area (Å²) in [6.07, 6.45) is 5.33. The van der Waals surface area contributed by atoms with Gasteiger partial charge in [-0.05, 0) is 35.7 Å². The largest absolute Gasteiger partial charge is 0.467 e. The lowest BCUT2D eigenvalue weighted by atomic mass is 10.2. The summed E-state index contributed by atoms with van der Waals surface area (Å²) in [5, 5.41) is 1.95. The average molecular weight is 328 g/mol. The summed E-state index contributed by atoms with van der Waals surface area (Å²) in [4.78, 5) is 15.5. The van der Waals surface area contributed by atoms with E-state index in [1.54, 1.807) is 6.26 Å². The SMILES string of the molecule is O=C(c1sccc1-n1cccc1)N1CCOC(c2ccco2)C1. The van der Waals surface area contributed by atoms with Crippen LogP contribution in [0.2, 0.25) is 0 Å². The van der Waals surface area contributed by atoms with Gasteiger partial charge >= 0.3 is 0 Å². The van der Waals surface area contributed by atoms with E-state index in [-0.39, 0.29) is 12.0 Å². The number of furan rings is 1. The molecular formula is C17H16N2O3S. The summed E-state index contributed by atoms with van der Waals surface area (Å²) in [5.41, 5.74) is 0.922. The van der Waals surface area contributed by atoms with Crippen LogP contribution < -0.4 is 0 Å². The van der Waals surface area contributed by atoms with Crippen molar-refractivity contribution in [1.82, 2.24) is 9.47 Å². The van der Waals surface area contributed by atoms with Gasteiger partial charge in [0.25, 0.3) is 5.91 Å². The standard InChI is InChI=1S/C17H16N2O3S/c20-17(16-13(5-11-23-16)18-6-1-2-7-18)19-8-10-22-15(12-19)14-4-3-9-21-14/h1-7,9,11,15H,8,10,12H2. The number of aromatic nitrogens is 1. The van der Waals surface area contributed by atoms with Gasteiger partial charge in [0.15, 0.2) is 0 Å². The first-order chi connectivity index (χ1) is 11.3. The second-order valence-electron chi connectivity index (χ2n) is 5.35. The van der Waals surface area contributed by atoms with Gasteiger partial charge in [0.05, 0.1) is 25.1 Å². The Labute approximate surface area is 137 Å². The van der Waals surface area contributed by atoms with Crippen molar-refractivity contribution in [2.75, 3.05) is 19.7 Å². The lowest BCUT2D eigenvalue weighted by Gasteiger charge is -2.32. The highest BCUT2D eigenvalue weighted by Crippen LogP contribution is 2.27. The number of ether oxygens (including phenoxy) is 1. The molecule has 0 radical (unpaired) electrons. The van der Waals surface area contributed by atoms with E-state index in [9.17, 15) is 4.79 Å². The fourth-order valence-corrected chi connectivity index (χ4v) is 3.64. The van der Waals surface area contributed by atoms with Crippen LogP contribution in [0.3, 0.4) is 0 Å². The molecule has 1 amide bonds. The molecule has 1 aliphatic heterocycles. The number of carbonyl (C=O) groups is 1. The van der Waals surface area contributed by atoms with E-state index in [0.29, 0.717) is 19.7 Å². The van der Waals surface area contributed by atoms with Crippen LogP contribution in [0, 0.1) is 0 Å². The molecule has 0 N–H and O–H groups in total. The molecule has 1 fully saturated rings. The Hall–Kier alpha value is -2.31. The van der Waals surface area contributed by atoms with Crippen LogP contribution in [-0.2, 0) is 4.74 Å². The number of nitrogens with zero attached hydrogens (tertiary/aromatic N) is 2. The van der Waals surface area contributed by atoms with Crippen molar-refractivity contribution in [2.45, 2.75) is 6.10 Å². The van der Waals surface area contributed by atoms with E-state index in [1.165, 1.54) is 11.3 Å². The molecule has 0 bridgehead atoms. The Morgan fingerprint density at radius 2 is 2.09 bits per heavy atom. The smallest absolute Gasteiger partial charge is 0.266 e. The van der Waals surface area contributed by atoms with Gasteiger partial charge in [0.2, 0.25) is 0 Å². The summed E-state index contributed by atoms with van der Waals surface area (Å²) >= 11 is 1.47. The zero-order valence-electron chi connectivity index (χ0n) is 12.4. The number of hydrogen-bond acceptors (Lipinski definition) is 4. The third-order valence-corrected chi connectivity index (χ3v) is 4.83. The van der Waals surface area contributed by atoms with E-state index in [4.69, 9.17) is 9.15 Å². The topological polar surface area (TPSA) is 47.6 Å². The van der Waals surface area contributed by atoms with Crippen LogP contribution in [0.4, 0.5) is 0 Å². The molecule has 118 valence electrons. The highest BCUT2D eigenvalue weighted by Gasteiger charge is 2.29. The van der Waals surface area contributed by atoms with Crippen LogP contribution >= 0.6 is 11.3 Å². The Kier molecular flexibility index (Phi) is 3.77. The van der Waals surface area contributed by atoms with Crippen molar-refractivity contribution in [2.24, 2.45) is 0 Å². The lowest BCUT2D eigenvalue weighted by molar-refractivity contribution is -0.0319. The minimum Gasteiger partial charge on any atom is -0.467 e. The fourth-order valence-electron chi connectivity index (χ4n) is 2.78. The van der Waals surface area contributed by atoms with Gasteiger partial charge in [0.1, 0.15) is 16.7 Å². The van der Waals surface area contributed by atoms with Gasteiger partial charge in [-0.25, -0.2) is 0 Å². The molecule has 1 unspecified atom stereocenters. The van der Waals surface area contributed by atoms with Gasteiger partial charge in [0, 0.05) is 18.9 Å². The Morgan fingerprint density at radius 3 is 2.87 bits per heavy atom. The summed E-state index contributed by atoms with van der Waals surface area (Å²) in [7, 11) is 0. The van der Waals surface area contributed by atoms with E-state index in [0.717, 1.165) is 16.3 Å². The number of morpholine rings is 1. The summed E-state index contributed by atoms with van der Waals surface area (Å²) in [5.74, 6) is 0.808. The molecule has 1 aliphatic rings. The van der Waals surface area contributed by atoms with Crippen LogP contribution in [0.25, 0.3) is 5.69 Å². The number of amides is 1. The maximum atomic E-state index is 12.9. The molecule has 1 atom stereocenters. The molecule has 4 rings (SSSR count). The van der Waals surface area contributed by atoms with E-state index in [1.807, 2.05) is 57.6 Å². The Bertz CT molecular complexity index is 777. The van der Waals surface area contributed by atoms with E-state index >= 15 is 0 Å². The van der Waals surface area contributed by atoms with E-state index < -0.39 is 0 Å². The summed E-state index contributed by atoms with van der Waals surface area (Å²) < 4.78 is 13.1. The lowest BCUT2D eigenvalue weighted by Crippen LogP contribution is -2.42. The van der Waals surface area contributed by atoms with Crippen LogP contribution in [-0.4, -0.2) is 35.1 Å². The van der Waals surface area contributed by atoms with Gasteiger partial charge in [-0.3, -0.25) is 4.79 Å². The first-order valence-electron chi connectivity index (χ1n) is 7.48. The van der Waals surface area contributed by atoms with Crippen molar-refractivity contribution >= 4 is 17.2 Å². The normalized spacial score (nSPS) is 18.3. The second-order valence-corrected chi connectivity index (χ2v) is 6.27. The number of hydrogen-bond donors (Lipinski definition) is 0. The van der Waals surface area contributed by atoms with Gasteiger partial charge < -0.3 is 18.6 Å². The van der Waals surface area contributed by atoms with Crippen molar-refractivity contribution in [3.63, 3.8) is 0 Å². The molecule has 5 nitrogen and oxygen atoms in total. The molecule has 0 spiro atoms. The van der Waals surface area contributed by atoms with Crippen molar-refractivity contribution in [3.8, 4) is 5.69 Å².